The number of ether oxygens (including phenoxy) is 3. The summed E-state index contributed by atoms with van der Waals surface area (Å²) < 4.78 is 16.5. The van der Waals surface area contributed by atoms with Crippen molar-refractivity contribution in [3.8, 4) is 11.5 Å². The van der Waals surface area contributed by atoms with Crippen molar-refractivity contribution in [2.45, 2.75) is 63.1 Å². The summed E-state index contributed by atoms with van der Waals surface area (Å²) in [6.07, 6.45) is -1.68. The van der Waals surface area contributed by atoms with Gasteiger partial charge in [-0.1, -0.05) is 67.6 Å². The van der Waals surface area contributed by atoms with E-state index < -0.39 is 54.4 Å². The molecular weight excluding hydrogens is 570 g/mol. The molecule has 3 aromatic rings. The number of carboxylic acid groups (broad SMARTS) is 3. The molecule has 232 valence electrons. The van der Waals surface area contributed by atoms with Crippen LogP contribution in [0, 0.1) is 0 Å². The van der Waals surface area contributed by atoms with E-state index >= 15 is 0 Å². The first-order valence-corrected chi connectivity index (χ1v) is 14.3. The van der Waals surface area contributed by atoms with Crippen LogP contribution < -0.4 is 4.74 Å². The van der Waals surface area contributed by atoms with Gasteiger partial charge in [0.05, 0.1) is 6.10 Å². The molecule has 3 aromatic carbocycles. The van der Waals surface area contributed by atoms with Crippen molar-refractivity contribution in [1.82, 2.24) is 4.90 Å². The smallest absolute Gasteiger partial charge is 0.377 e. The maximum Gasteiger partial charge on any atom is 0.377 e. The predicted molar refractivity (Wildman–Crippen MR) is 157 cm³/mol. The first kappa shape index (κ1) is 32.2. The fourth-order valence-electron chi connectivity index (χ4n) is 5.37. The summed E-state index contributed by atoms with van der Waals surface area (Å²) in [6.45, 7) is 2.57. The standard InChI is InChI=1S/C33H35NO10/c1-3-27-29(44-33(43-27,31(38)39)32(40)41)30(37)34(20-28(35)36)21(2)26(19-14-22-10-6-4-7-11-22)23-15-17-25(18-16-23)42-24-12-8-5-9-13-24/h4-13,15-18,21,26-27,29H,3,14,19-20H2,1-2H3,(H,35,36)(H,38,39)(H,40,41)/t21-,26+,27-,29+/m1/s1. The van der Waals surface area contributed by atoms with Crippen LogP contribution in [0.15, 0.2) is 84.9 Å². The lowest BCUT2D eigenvalue weighted by Crippen LogP contribution is -2.52. The Morgan fingerprint density at radius 1 is 0.841 bits per heavy atom. The Labute approximate surface area is 254 Å². The number of hydrogen-bond donors (Lipinski definition) is 3. The molecule has 11 heteroatoms. The number of hydrogen-bond acceptors (Lipinski definition) is 7. The largest absolute Gasteiger partial charge is 0.480 e. The molecule has 0 aliphatic carbocycles. The predicted octanol–water partition coefficient (Wildman–Crippen LogP) is 4.56. The molecular formula is C33H35NO10. The van der Waals surface area contributed by atoms with E-state index in [4.69, 9.17) is 14.2 Å². The van der Waals surface area contributed by atoms with Gasteiger partial charge in [-0.2, -0.15) is 0 Å². The molecule has 0 bridgehead atoms. The van der Waals surface area contributed by atoms with Gasteiger partial charge >= 0.3 is 23.7 Å². The zero-order valence-electron chi connectivity index (χ0n) is 24.4. The highest BCUT2D eigenvalue weighted by Gasteiger charge is 2.62. The number of carbonyl (C=O) groups excluding carboxylic acids is 1. The number of aliphatic carboxylic acids is 3. The SMILES string of the molecule is CC[C@H]1OC(C(=O)O)(C(=O)O)O[C@@H]1C(=O)N(CC(=O)O)[C@H](C)[C@H](CCc1ccccc1)c1ccc(Oc2ccccc2)cc1. The van der Waals surface area contributed by atoms with Gasteiger partial charge in [-0.3, -0.25) is 9.59 Å². The second-order valence-electron chi connectivity index (χ2n) is 10.5. The van der Waals surface area contributed by atoms with Crippen molar-refractivity contribution < 1.29 is 48.7 Å². The number of aryl methyl sites for hydroxylation is 1. The maximum absolute atomic E-state index is 13.9. The van der Waals surface area contributed by atoms with E-state index in [2.05, 4.69) is 0 Å². The van der Waals surface area contributed by atoms with E-state index in [1.807, 2.05) is 72.8 Å². The van der Waals surface area contributed by atoms with E-state index in [0.29, 0.717) is 24.3 Å². The summed E-state index contributed by atoms with van der Waals surface area (Å²) in [6, 6.07) is 25.5. The minimum atomic E-state index is -3.08. The number of carboxylic acids is 3. The summed E-state index contributed by atoms with van der Waals surface area (Å²) in [7, 11) is 0. The quantitative estimate of drug-likeness (QED) is 0.222. The maximum atomic E-state index is 13.9. The molecule has 1 aliphatic rings. The van der Waals surface area contributed by atoms with Crippen molar-refractivity contribution in [3.63, 3.8) is 0 Å². The molecule has 0 spiro atoms. The minimum absolute atomic E-state index is 0.0499. The molecule has 1 aliphatic heterocycles. The average Bonchev–Trinajstić information content (AvgIpc) is 3.43. The first-order chi connectivity index (χ1) is 21.1. The second kappa shape index (κ2) is 14.2. The third kappa shape index (κ3) is 7.24. The van der Waals surface area contributed by atoms with Gasteiger partial charge in [-0.15, -0.1) is 0 Å². The zero-order chi connectivity index (χ0) is 31.9. The fraction of sp³-hybridized carbons (Fsp3) is 0.333. The van der Waals surface area contributed by atoms with Crippen molar-refractivity contribution in [2.75, 3.05) is 6.54 Å². The Morgan fingerprint density at radius 3 is 1.95 bits per heavy atom. The van der Waals surface area contributed by atoms with Gasteiger partial charge in [-0.05, 0) is 61.6 Å². The molecule has 4 atom stereocenters. The van der Waals surface area contributed by atoms with Crippen molar-refractivity contribution in [1.29, 1.82) is 0 Å². The van der Waals surface area contributed by atoms with Crippen LogP contribution in [0.25, 0.3) is 0 Å². The zero-order valence-corrected chi connectivity index (χ0v) is 24.4. The summed E-state index contributed by atoms with van der Waals surface area (Å²) in [4.78, 5) is 50.8. The molecule has 0 unspecified atom stereocenters. The number of carbonyl (C=O) groups is 4. The van der Waals surface area contributed by atoms with Gasteiger partial charge in [0.15, 0.2) is 6.10 Å². The first-order valence-electron chi connectivity index (χ1n) is 14.3. The molecule has 3 N–H and O–H groups in total. The van der Waals surface area contributed by atoms with Crippen LogP contribution in [0.3, 0.4) is 0 Å². The summed E-state index contributed by atoms with van der Waals surface area (Å²) in [5, 5.41) is 29.0. The van der Waals surface area contributed by atoms with Gasteiger partial charge in [0.25, 0.3) is 5.91 Å². The molecule has 0 radical (unpaired) electrons. The number of amides is 1. The van der Waals surface area contributed by atoms with Gasteiger partial charge in [0.1, 0.15) is 18.0 Å². The van der Waals surface area contributed by atoms with Crippen molar-refractivity contribution in [2.24, 2.45) is 0 Å². The molecule has 1 amide bonds. The lowest BCUT2D eigenvalue weighted by molar-refractivity contribution is -0.220. The highest BCUT2D eigenvalue weighted by atomic mass is 16.8. The average molecular weight is 606 g/mol. The third-order valence-electron chi connectivity index (χ3n) is 7.69. The molecule has 1 saturated heterocycles. The third-order valence-corrected chi connectivity index (χ3v) is 7.69. The second-order valence-corrected chi connectivity index (χ2v) is 10.5. The van der Waals surface area contributed by atoms with Gasteiger partial charge in [0, 0.05) is 12.0 Å². The Kier molecular flexibility index (Phi) is 10.4. The molecule has 4 rings (SSSR count). The van der Waals surface area contributed by atoms with Gasteiger partial charge in [0.2, 0.25) is 0 Å². The van der Waals surface area contributed by atoms with Crippen molar-refractivity contribution in [3.05, 3.63) is 96.1 Å². The van der Waals surface area contributed by atoms with Crippen LogP contribution in [0.2, 0.25) is 0 Å². The van der Waals surface area contributed by atoms with Crippen LogP contribution in [0.5, 0.6) is 11.5 Å². The number of nitrogens with zero attached hydrogens (tertiary/aromatic N) is 1. The number of para-hydroxylation sites is 1. The molecule has 0 aromatic heterocycles. The Morgan fingerprint density at radius 2 is 1.41 bits per heavy atom. The Balaban J connectivity index is 1.66. The Bertz CT molecular complexity index is 1430. The summed E-state index contributed by atoms with van der Waals surface area (Å²) >= 11 is 0. The van der Waals surface area contributed by atoms with Crippen LogP contribution in [-0.4, -0.2) is 74.6 Å². The molecule has 11 nitrogen and oxygen atoms in total. The Hall–Kier alpha value is -4.74. The lowest BCUT2D eigenvalue weighted by Gasteiger charge is -2.36. The molecule has 44 heavy (non-hydrogen) atoms. The number of rotatable bonds is 14. The summed E-state index contributed by atoms with van der Waals surface area (Å²) in [5.74, 6) is -8.22. The van der Waals surface area contributed by atoms with Crippen LogP contribution in [0.4, 0.5) is 0 Å². The van der Waals surface area contributed by atoms with Crippen LogP contribution >= 0.6 is 0 Å². The molecule has 0 saturated carbocycles. The fourth-order valence-corrected chi connectivity index (χ4v) is 5.37. The number of benzene rings is 3. The van der Waals surface area contributed by atoms with Gasteiger partial charge in [-0.25, -0.2) is 9.59 Å². The molecule has 1 fully saturated rings. The van der Waals surface area contributed by atoms with Crippen LogP contribution in [0.1, 0.15) is 43.7 Å². The minimum Gasteiger partial charge on any atom is -0.480 e. The van der Waals surface area contributed by atoms with Crippen LogP contribution in [-0.2, 0) is 35.1 Å². The normalized spacial score (nSPS) is 18.6. The van der Waals surface area contributed by atoms with E-state index in [1.54, 1.807) is 26.0 Å². The lowest BCUT2D eigenvalue weighted by atomic mass is 9.85. The highest BCUT2D eigenvalue weighted by Crippen LogP contribution is 2.36. The molecule has 1 heterocycles. The highest BCUT2D eigenvalue weighted by molar-refractivity contribution is 6.01. The van der Waals surface area contributed by atoms with Gasteiger partial charge < -0.3 is 34.4 Å². The van der Waals surface area contributed by atoms with E-state index in [1.165, 1.54) is 0 Å². The van der Waals surface area contributed by atoms with E-state index in [9.17, 15) is 34.5 Å². The van der Waals surface area contributed by atoms with Crippen molar-refractivity contribution >= 4 is 23.8 Å². The van der Waals surface area contributed by atoms with E-state index in [-0.39, 0.29) is 12.3 Å². The van der Waals surface area contributed by atoms with E-state index in [0.717, 1.165) is 16.0 Å². The monoisotopic (exact) mass is 605 g/mol. The topological polar surface area (TPSA) is 160 Å². The summed E-state index contributed by atoms with van der Waals surface area (Å²) in [5.41, 5.74) is 1.87.